The first-order chi connectivity index (χ1) is 6.66. The largest absolute Gasteiger partial charge is 0.298 e. The number of likely N-dealkylation sites (tertiary alicyclic amines) is 1. The van der Waals surface area contributed by atoms with Crippen LogP contribution in [-0.2, 0) is 6.54 Å². The molecule has 0 saturated carbocycles. The van der Waals surface area contributed by atoms with Gasteiger partial charge in [-0.1, -0.05) is 19.9 Å². The summed E-state index contributed by atoms with van der Waals surface area (Å²) in [5.41, 5.74) is 0.575. The smallest absolute Gasteiger partial charge is 0.0327 e. The van der Waals surface area contributed by atoms with Crippen molar-refractivity contribution in [2.45, 2.75) is 33.2 Å². The number of nitrogens with zero attached hydrogens (tertiary/aromatic N) is 1. The van der Waals surface area contributed by atoms with Gasteiger partial charge in [0.1, 0.15) is 0 Å². The van der Waals surface area contributed by atoms with Gasteiger partial charge < -0.3 is 0 Å². The first-order valence-corrected chi connectivity index (χ1v) is 6.28. The molecule has 0 aliphatic carbocycles. The maximum Gasteiger partial charge on any atom is 0.0327 e. The molecule has 1 saturated heterocycles. The second-order valence-corrected chi connectivity index (χ2v) is 6.05. The number of thiophene rings is 1. The molecule has 0 bridgehead atoms. The van der Waals surface area contributed by atoms with E-state index < -0.39 is 0 Å². The van der Waals surface area contributed by atoms with E-state index in [2.05, 4.69) is 36.3 Å². The molecule has 2 heteroatoms. The van der Waals surface area contributed by atoms with E-state index in [1.165, 1.54) is 30.8 Å². The number of hydrogen-bond acceptors (Lipinski definition) is 2. The third-order valence-electron chi connectivity index (χ3n) is 3.17. The summed E-state index contributed by atoms with van der Waals surface area (Å²) in [6.07, 6.45) is 2.69. The summed E-state index contributed by atoms with van der Waals surface area (Å²) in [4.78, 5) is 4.08. The Hall–Kier alpha value is -0.340. The molecule has 0 N–H and O–H groups in total. The maximum atomic E-state index is 2.58. The van der Waals surface area contributed by atoms with E-state index >= 15 is 0 Å². The molecule has 1 aromatic heterocycles. The highest BCUT2D eigenvalue weighted by Gasteiger charge is 2.25. The lowest BCUT2D eigenvalue weighted by Gasteiger charge is -2.36. The fourth-order valence-corrected chi connectivity index (χ4v) is 2.69. The molecular weight excluding hydrogens is 190 g/mol. The Bertz CT molecular complexity index is 267. The minimum absolute atomic E-state index is 0.575. The predicted molar refractivity (Wildman–Crippen MR) is 62.6 cm³/mol. The van der Waals surface area contributed by atoms with E-state index in [0.717, 1.165) is 6.54 Å². The molecule has 1 aliphatic rings. The molecule has 0 aromatic carbocycles. The van der Waals surface area contributed by atoms with Gasteiger partial charge in [-0.3, -0.25) is 4.90 Å². The van der Waals surface area contributed by atoms with Crippen LogP contribution >= 0.6 is 11.3 Å². The minimum atomic E-state index is 0.575. The average Bonchev–Trinajstić information content (AvgIpc) is 2.61. The van der Waals surface area contributed by atoms with E-state index in [9.17, 15) is 0 Å². The Morgan fingerprint density at radius 1 is 1.36 bits per heavy atom. The molecular formula is C12H19NS. The molecule has 1 fully saturated rings. The van der Waals surface area contributed by atoms with Crippen LogP contribution in [0.2, 0.25) is 0 Å². The van der Waals surface area contributed by atoms with E-state index in [1.54, 1.807) is 0 Å². The van der Waals surface area contributed by atoms with Gasteiger partial charge in [0.15, 0.2) is 0 Å². The average molecular weight is 209 g/mol. The van der Waals surface area contributed by atoms with Crippen molar-refractivity contribution >= 4 is 11.3 Å². The molecule has 1 aliphatic heterocycles. The van der Waals surface area contributed by atoms with Crippen LogP contribution in [0.3, 0.4) is 0 Å². The molecule has 2 heterocycles. The lowest BCUT2D eigenvalue weighted by atomic mass is 9.83. The molecule has 0 atom stereocenters. The van der Waals surface area contributed by atoms with Crippen LogP contribution in [-0.4, -0.2) is 18.0 Å². The predicted octanol–water partition coefficient (Wildman–Crippen LogP) is 3.37. The minimum Gasteiger partial charge on any atom is -0.298 e. The van der Waals surface area contributed by atoms with Crippen LogP contribution in [0, 0.1) is 5.41 Å². The molecule has 0 radical (unpaired) electrons. The third-order valence-corrected chi connectivity index (χ3v) is 4.03. The summed E-state index contributed by atoms with van der Waals surface area (Å²) >= 11 is 1.87. The van der Waals surface area contributed by atoms with Crippen LogP contribution in [0.1, 0.15) is 31.6 Å². The van der Waals surface area contributed by atoms with Crippen molar-refractivity contribution < 1.29 is 0 Å². The zero-order valence-corrected chi connectivity index (χ0v) is 9.94. The van der Waals surface area contributed by atoms with Crippen molar-refractivity contribution in [3.8, 4) is 0 Å². The van der Waals surface area contributed by atoms with Crippen molar-refractivity contribution in [2.24, 2.45) is 5.41 Å². The fourth-order valence-electron chi connectivity index (χ4n) is 1.94. The van der Waals surface area contributed by atoms with Gasteiger partial charge in [-0.2, -0.15) is 0 Å². The zero-order chi connectivity index (χ0) is 10.0. The summed E-state index contributed by atoms with van der Waals surface area (Å²) < 4.78 is 0. The quantitative estimate of drug-likeness (QED) is 0.722. The molecule has 0 unspecified atom stereocenters. The Morgan fingerprint density at radius 3 is 2.64 bits per heavy atom. The number of piperidine rings is 1. The van der Waals surface area contributed by atoms with Gasteiger partial charge in [0.2, 0.25) is 0 Å². The van der Waals surface area contributed by atoms with Crippen molar-refractivity contribution in [1.29, 1.82) is 0 Å². The highest BCUT2D eigenvalue weighted by molar-refractivity contribution is 7.09. The Balaban J connectivity index is 1.85. The van der Waals surface area contributed by atoms with Gasteiger partial charge in [-0.05, 0) is 42.8 Å². The van der Waals surface area contributed by atoms with Gasteiger partial charge in [-0.15, -0.1) is 11.3 Å². The molecule has 0 amide bonds. The molecule has 2 rings (SSSR count). The molecule has 14 heavy (non-hydrogen) atoms. The summed E-state index contributed by atoms with van der Waals surface area (Å²) in [6, 6.07) is 4.39. The normalized spacial score (nSPS) is 22.4. The van der Waals surface area contributed by atoms with Crippen LogP contribution < -0.4 is 0 Å². The standard InChI is InChI=1S/C12H19NS/c1-12(2)5-7-13(8-6-12)10-11-4-3-9-14-11/h3-4,9H,5-8,10H2,1-2H3. The van der Waals surface area contributed by atoms with Crippen molar-refractivity contribution in [3.63, 3.8) is 0 Å². The highest BCUT2D eigenvalue weighted by Crippen LogP contribution is 2.30. The van der Waals surface area contributed by atoms with E-state index in [4.69, 9.17) is 0 Å². The highest BCUT2D eigenvalue weighted by atomic mass is 32.1. The van der Waals surface area contributed by atoms with Crippen LogP contribution in [0.15, 0.2) is 17.5 Å². The Labute approximate surface area is 90.7 Å². The van der Waals surface area contributed by atoms with Gasteiger partial charge in [0, 0.05) is 11.4 Å². The van der Waals surface area contributed by atoms with Crippen LogP contribution in [0.25, 0.3) is 0 Å². The maximum absolute atomic E-state index is 2.58. The first kappa shape index (κ1) is 10.2. The Morgan fingerprint density at radius 2 is 2.07 bits per heavy atom. The summed E-state index contributed by atoms with van der Waals surface area (Å²) in [5, 5.41) is 2.17. The summed E-state index contributed by atoms with van der Waals surface area (Å²) in [7, 11) is 0. The monoisotopic (exact) mass is 209 g/mol. The number of hydrogen-bond donors (Lipinski definition) is 0. The SMILES string of the molecule is CC1(C)CCN(Cc2cccs2)CC1. The second-order valence-electron chi connectivity index (χ2n) is 5.02. The van der Waals surface area contributed by atoms with Crippen molar-refractivity contribution in [1.82, 2.24) is 4.90 Å². The summed E-state index contributed by atoms with van der Waals surface area (Å²) in [6.45, 7) is 8.47. The Kier molecular flexibility index (Phi) is 2.93. The van der Waals surface area contributed by atoms with E-state index in [1.807, 2.05) is 11.3 Å². The molecule has 0 spiro atoms. The van der Waals surface area contributed by atoms with Gasteiger partial charge in [0.05, 0.1) is 0 Å². The van der Waals surface area contributed by atoms with Crippen molar-refractivity contribution in [2.75, 3.05) is 13.1 Å². The van der Waals surface area contributed by atoms with Crippen LogP contribution in [0.5, 0.6) is 0 Å². The summed E-state index contributed by atoms with van der Waals surface area (Å²) in [5.74, 6) is 0. The van der Waals surface area contributed by atoms with Gasteiger partial charge in [0.25, 0.3) is 0 Å². The third kappa shape index (κ3) is 2.58. The topological polar surface area (TPSA) is 3.24 Å². The lowest BCUT2D eigenvalue weighted by molar-refractivity contribution is 0.128. The first-order valence-electron chi connectivity index (χ1n) is 5.40. The number of rotatable bonds is 2. The fraction of sp³-hybridized carbons (Fsp3) is 0.667. The lowest BCUT2D eigenvalue weighted by Crippen LogP contribution is -2.36. The van der Waals surface area contributed by atoms with E-state index in [0.29, 0.717) is 5.41 Å². The molecule has 78 valence electrons. The van der Waals surface area contributed by atoms with Crippen LogP contribution in [0.4, 0.5) is 0 Å². The molecule has 1 aromatic rings. The molecule has 1 nitrogen and oxygen atoms in total. The van der Waals surface area contributed by atoms with Gasteiger partial charge in [-0.25, -0.2) is 0 Å². The second kappa shape index (κ2) is 4.03. The van der Waals surface area contributed by atoms with Gasteiger partial charge >= 0.3 is 0 Å². The van der Waals surface area contributed by atoms with E-state index in [-0.39, 0.29) is 0 Å². The van der Waals surface area contributed by atoms with Crippen molar-refractivity contribution in [3.05, 3.63) is 22.4 Å². The zero-order valence-electron chi connectivity index (χ0n) is 9.12.